The molecule has 0 aliphatic heterocycles. The Kier molecular flexibility index (Phi) is 6.99. The lowest BCUT2D eigenvalue weighted by molar-refractivity contribution is -0.165. The second kappa shape index (κ2) is 9.86. The van der Waals surface area contributed by atoms with Crippen molar-refractivity contribution in [3.63, 3.8) is 0 Å². The van der Waals surface area contributed by atoms with Gasteiger partial charge in [0.15, 0.2) is 0 Å². The van der Waals surface area contributed by atoms with Gasteiger partial charge in [0.2, 0.25) is 0 Å². The second-order valence-corrected chi connectivity index (χ2v) is 8.39. The maximum absolute atomic E-state index is 9.85. The topological polar surface area (TPSA) is 63.0 Å². The first-order valence-electron chi connectivity index (χ1n) is 9.26. The van der Waals surface area contributed by atoms with E-state index < -0.39 is 0 Å². The lowest BCUT2D eigenvalue weighted by Gasteiger charge is -2.12. The SMILES string of the molecule is CC(C)Sc1ccc2cncc(-c3ccc(C#N)c4ccccc34)c2c1.O=COF. The van der Waals surface area contributed by atoms with E-state index >= 15 is 0 Å². The molecular formula is C24H19FN2O2S. The fraction of sp³-hybridized carbons (Fsp3) is 0.125. The molecule has 0 atom stereocenters. The molecular weight excluding hydrogens is 399 g/mol. The van der Waals surface area contributed by atoms with Crippen molar-refractivity contribution in [1.82, 2.24) is 4.98 Å². The minimum absolute atomic E-state index is 0.292. The molecule has 0 unspecified atom stereocenters. The molecule has 30 heavy (non-hydrogen) atoms. The van der Waals surface area contributed by atoms with E-state index in [1.54, 1.807) is 0 Å². The van der Waals surface area contributed by atoms with Crippen molar-refractivity contribution in [2.24, 2.45) is 0 Å². The van der Waals surface area contributed by atoms with Crippen LogP contribution in [0, 0.1) is 11.3 Å². The third-order valence-electron chi connectivity index (χ3n) is 4.48. The highest BCUT2D eigenvalue weighted by Crippen LogP contribution is 2.36. The zero-order chi connectivity index (χ0) is 21.5. The van der Waals surface area contributed by atoms with Gasteiger partial charge < -0.3 is 0 Å². The summed E-state index contributed by atoms with van der Waals surface area (Å²) in [5.74, 6) is 0. The second-order valence-electron chi connectivity index (χ2n) is 6.74. The first kappa shape index (κ1) is 21.3. The number of aromatic nitrogens is 1. The van der Waals surface area contributed by atoms with Gasteiger partial charge in [-0.3, -0.25) is 14.7 Å². The summed E-state index contributed by atoms with van der Waals surface area (Å²) in [6, 6.07) is 20.9. The number of nitrogens with zero attached hydrogens (tertiary/aromatic N) is 2. The van der Waals surface area contributed by atoms with Crippen LogP contribution in [-0.2, 0) is 9.74 Å². The molecule has 1 heterocycles. The van der Waals surface area contributed by atoms with Gasteiger partial charge in [0, 0.05) is 43.4 Å². The first-order valence-corrected chi connectivity index (χ1v) is 10.1. The van der Waals surface area contributed by atoms with Crippen molar-refractivity contribution in [2.75, 3.05) is 0 Å². The molecule has 0 saturated carbocycles. The predicted octanol–water partition coefficient (Wildman–Crippen LogP) is 6.47. The van der Waals surface area contributed by atoms with Crippen molar-refractivity contribution < 1.29 is 14.3 Å². The van der Waals surface area contributed by atoms with E-state index in [0.29, 0.717) is 10.8 Å². The molecule has 4 rings (SSSR count). The highest BCUT2D eigenvalue weighted by molar-refractivity contribution is 7.99. The number of nitriles is 1. The first-order chi connectivity index (χ1) is 14.6. The number of hydrogen-bond donors (Lipinski definition) is 0. The lowest BCUT2D eigenvalue weighted by atomic mass is 9.93. The minimum Gasteiger partial charge on any atom is -0.263 e. The Balaban J connectivity index is 0.000000589. The number of fused-ring (bicyclic) bond motifs is 2. The Morgan fingerprint density at radius 1 is 1.03 bits per heavy atom. The molecule has 0 fully saturated rings. The van der Waals surface area contributed by atoms with Gasteiger partial charge in [-0.1, -0.05) is 50.2 Å². The molecule has 0 saturated heterocycles. The molecule has 4 nitrogen and oxygen atoms in total. The van der Waals surface area contributed by atoms with E-state index in [9.17, 15) is 9.79 Å². The summed E-state index contributed by atoms with van der Waals surface area (Å²) in [7, 11) is 0. The quantitative estimate of drug-likeness (QED) is 0.281. The lowest BCUT2D eigenvalue weighted by Crippen LogP contribution is -1.90. The summed E-state index contributed by atoms with van der Waals surface area (Å²) in [6.45, 7) is 4.12. The third-order valence-corrected chi connectivity index (χ3v) is 5.47. The standard InChI is InChI=1S/C23H18N2S.CHFO2/c1-15(2)26-18-9-7-17-13-25-14-23(22(17)11-18)21-10-8-16(12-24)19-5-3-4-6-20(19)21;2-4-1-3/h3-11,13-15H,1-2H3;1H. The van der Waals surface area contributed by atoms with Crippen LogP contribution in [-0.4, -0.2) is 16.7 Å². The molecule has 0 bridgehead atoms. The largest absolute Gasteiger partial charge is 0.337 e. The third kappa shape index (κ3) is 4.58. The summed E-state index contributed by atoms with van der Waals surface area (Å²) < 4.78 is 9.85. The normalized spacial score (nSPS) is 10.4. The summed E-state index contributed by atoms with van der Waals surface area (Å²) in [5, 5.41) is 14.4. The van der Waals surface area contributed by atoms with E-state index in [0.717, 1.165) is 27.3 Å². The van der Waals surface area contributed by atoms with Crippen molar-refractivity contribution in [3.05, 3.63) is 72.6 Å². The number of hydrogen-bond acceptors (Lipinski definition) is 5. The van der Waals surface area contributed by atoms with E-state index in [1.807, 2.05) is 54.5 Å². The summed E-state index contributed by atoms with van der Waals surface area (Å²) in [6.07, 6.45) is 3.84. The maximum atomic E-state index is 9.85. The number of halogens is 1. The molecule has 1 aromatic heterocycles. The van der Waals surface area contributed by atoms with Crippen molar-refractivity contribution >= 4 is 39.8 Å². The molecule has 0 aliphatic carbocycles. The molecule has 0 aliphatic rings. The Morgan fingerprint density at radius 2 is 1.77 bits per heavy atom. The van der Waals surface area contributed by atoms with Gasteiger partial charge in [-0.25, -0.2) is 0 Å². The molecule has 0 spiro atoms. The number of carbonyl (C=O) groups is 1. The van der Waals surface area contributed by atoms with Crippen molar-refractivity contribution in [2.45, 2.75) is 24.0 Å². The zero-order valence-corrected chi connectivity index (χ0v) is 17.3. The number of rotatable bonds is 4. The summed E-state index contributed by atoms with van der Waals surface area (Å²) in [5.41, 5.74) is 2.92. The van der Waals surface area contributed by atoms with Crippen LogP contribution in [0.2, 0.25) is 0 Å². The van der Waals surface area contributed by atoms with Gasteiger partial charge in [-0.2, -0.15) is 5.26 Å². The number of carbonyl (C=O) groups excluding carboxylic acids is 1. The molecule has 6 heteroatoms. The molecule has 150 valence electrons. The smallest absolute Gasteiger partial charge is 0.263 e. The van der Waals surface area contributed by atoms with Crippen LogP contribution in [0.3, 0.4) is 0 Å². The Morgan fingerprint density at radius 3 is 2.43 bits per heavy atom. The van der Waals surface area contributed by atoms with E-state index in [2.05, 4.69) is 54.1 Å². The van der Waals surface area contributed by atoms with Crippen LogP contribution >= 0.6 is 11.8 Å². The van der Waals surface area contributed by atoms with Gasteiger partial charge >= 0.3 is 6.47 Å². The van der Waals surface area contributed by atoms with Gasteiger partial charge in [-0.15, -0.1) is 11.8 Å². The monoisotopic (exact) mass is 418 g/mol. The van der Waals surface area contributed by atoms with Crippen LogP contribution in [0.15, 0.2) is 71.9 Å². The number of pyridine rings is 1. The number of thioether (sulfide) groups is 1. The fourth-order valence-electron chi connectivity index (χ4n) is 3.33. The molecule has 4 aromatic rings. The average molecular weight is 418 g/mol. The number of benzene rings is 3. The highest BCUT2D eigenvalue weighted by Gasteiger charge is 2.11. The predicted molar refractivity (Wildman–Crippen MR) is 119 cm³/mol. The van der Waals surface area contributed by atoms with E-state index in [1.165, 1.54) is 10.3 Å². The Labute approximate surface area is 178 Å². The maximum Gasteiger partial charge on any atom is 0.337 e. The van der Waals surface area contributed by atoms with Crippen LogP contribution < -0.4 is 0 Å². The van der Waals surface area contributed by atoms with Gasteiger partial charge in [0.25, 0.3) is 0 Å². The Bertz CT molecular complexity index is 1240. The van der Waals surface area contributed by atoms with Crippen LogP contribution in [0.25, 0.3) is 32.7 Å². The average Bonchev–Trinajstić information content (AvgIpc) is 2.77. The van der Waals surface area contributed by atoms with E-state index in [4.69, 9.17) is 4.79 Å². The van der Waals surface area contributed by atoms with Gasteiger partial charge in [0.05, 0.1) is 11.6 Å². The minimum atomic E-state index is -0.292. The summed E-state index contributed by atoms with van der Waals surface area (Å²) >= 11 is 1.86. The highest BCUT2D eigenvalue weighted by atomic mass is 32.2. The summed E-state index contributed by atoms with van der Waals surface area (Å²) in [4.78, 5) is 16.7. The molecule has 3 aromatic carbocycles. The Hall–Kier alpha value is -3.43. The van der Waals surface area contributed by atoms with Crippen LogP contribution in [0.1, 0.15) is 19.4 Å². The van der Waals surface area contributed by atoms with Crippen molar-refractivity contribution in [3.8, 4) is 17.2 Å². The molecule has 0 amide bonds. The molecule has 0 N–H and O–H groups in total. The van der Waals surface area contributed by atoms with Gasteiger partial charge in [-0.05, 0) is 34.5 Å². The van der Waals surface area contributed by atoms with Crippen LogP contribution in [0.5, 0.6) is 0 Å². The van der Waals surface area contributed by atoms with Crippen LogP contribution in [0.4, 0.5) is 4.53 Å². The van der Waals surface area contributed by atoms with E-state index in [-0.39, 0.29) is 6.47 Å². The molecule has 0 radical (unpaired) electrons. The fourth-order valence-corrected chi connectivity index (χ4v) is 4.21. The van der Waals surface area contributed by atoms with Crippen molar-refractivity contribution in [1.29, 1.82) is 5.26 Å². The zero-order valence-electron chi connectivity index (χ0n) is 16.5. The van der Waals surface area contributed by atoms with Gasteiger partial charge in [0.1, 0.15) is 0 Å².